The lowest BCUT2D eigenvalue weighted by atomic mass is 9.91. The largest absolute Gasteiger partial charge is 0.396 e. The average molecular weight is 254 g/mol. The predicted molar refractivity (Wildman–Crippen MR) is 75.8 cm³/mol. The average Bonchev–Trinajstić information content (AvgIpc) is 2.60. The molecule has 2 aliphatic rings. The molecule has 2 N–H and O–H groups in total. The summed E-state index contributed by atoms with van der Waals surface area (Å²) in [5.41, 5.74) is 0.265. The number of hydrogen-bond donors (Lipinski definition) is 2. The Kier molecular flexibility index (Phi) is 5.05. The van der Waals surface area contributed by atoms with Crippen LogP contribution in [0.25, 0.3) is 0 Å². The molecule has 3 heteroatoms. The lowest BCUT2D eigenvalue weighted by molar-refractivity contribution is 0.0144. The fourth-order valence-electron chi connectivity index (χ4n) is 3.61. The Balaban J connectivity index is 2.00. The second kappa shape index (κ2) is 6.36. The first-order valence-electron chi connectivity index (χ1n) is 7.74. The van der Waals surface area contributed by atoms with Gasteiger partial charge >= 0.3 is 0 Å². The van der Waals surface area contributed by atoms with Crippen molar-refractivity contribution in [3.8, 4) is 0 Å². The van der Waals surface area contributed by atoms with E-state index in [1.165, 1.54) is 38.5 Å². The molecular weight excluding hydrogens is 224 g/mol. The van der Waals surface area contributed by atoms with Crippen LogP contribution in [-0.2, 0) is 0 Å². The van der Waals surface area contributed by atoms with E-state index in [1.807, 2.05) is 0 Å². The molecule has 0 aromatic rings. The predicted octanol–water partition coefficient (Wildman–Crippen LogP) is 2.14. The summed E-state index contributed by atoms with van der Waals surface area (Å²) in [6, 6.07) is 1.25. The second-order valence-electron chi connectivity index (χ2n) is 6.70. The molecule has 0 spiro atoms. The van der Waals surface area contributed by atoms with Crippen molar-refractivity contribution >= 4 is 0 Å². The van der Waals surface area contributed by atoms with Gasteiger partial charge in [-0.15, -0.1) is 0 Å². The summed E-state index contributed by atoms with van der Waals surface area (Å²) < 4.78 is 0. The summed E-state index contributed by atoms with van der Waals surface area (Å²) in [6.45, 7) is 7.18. The molecule has 1 saturated carbocycles. The summed E-state index contributed by atoms with van der Waals surface area (Å²) in [5, 5.41) is 12.7. The van der Waals surface area contributed by atoms with E-state index < -0.39 is 0 Å². The molecule has 2 fully saturated rings. The topological polar surface area (TPSA) is 35.5 Å². The SMILES string of the molecule is CC1(C)CNC(CCO)CN1C1CCCCCC1. The van der Waals surface area contributed by atoms with E-state index in [2.05, 4.69) is 24.1 Å². The maximum absolute atomic E-state index is 9.13. The van der Waals surface area contributed by atoms with Crippen LogP contribution in [0.3, 0.4) is 0 Å². The minimum Gasteiger partial charge on any atom is -0.396 e. The van der Waals surface area contributed by atoms with Crippen LogP contribution in [0.5, 0.6) is 0 Å². The highest BCUT2D eigenvalue weighted by Gasteiger charge is 2.37. The van der Waals surface area contributed by atoms with E-state index in [4.69, 9.17) is 5.11 Å². The van der Waals surface area contributed by atoms with Crippen LogP contribution in [0.15, 0.2) is 0 Å². The molecule has 18 heavy (non-hydrogen) atoms. The number of aliphatic hydroxyl groups is 1. The van der Waals surface area contributed by atoms with E-state index >= 15 is 0 Å². The number of nitrogens with zero attached hydrogens (tertiary/aromatic N) is 1. The van der Waals surface area contributed by atoms with E-state index in [0.717, 1.165) is 25.6 Å². The molecule has 0 bridgehead atoms. The van der Waals surface area contributed by atoms with Gasteiger partial charge in [0.25, 0.3) is 0 Å². The quantitative estimate of drug-likeness (QED) is 0.758. The van der Waals surface area contributed by atoms with E-state index in [9.17, 15) is 0 Å². The van der Waals surface area contributed by atoms with Crippen molar-refractivity contribution in [1.82, 2.24) is 10.2 Å². The zero-order chi connectivity index (χ0) is 13.0. The van der Waals surface area contributed by atoms with Gasteiger partial charge in [0.2, 0.25) is 0 Å². The minimum atomic E-state index is 0.265. The highest BCUT2D eigenvalue weighted by molar-refractivity contribution is 4.96. The van der Waals surface area contributed by atoms with Gasteiger partial charge in [0.05, 0.1) is 0 Å². The summed E-state index contributed by atoms with van der Waals surface area (Å²) >= 11 is 0. The van der Waals surface area contributed by atoms with Crippen LogP contribution in [0, 0.1) is 0 Å². The molecule has 0 aromatic carbocycles. The Morgan fingerprint density at radius 1 is 1.17 bits per heavy atom. The Bertz CT molecular complexity index is 247. The molecule has 0 aromatic heterocycles. The van der Waals surface area contributed by atoms with Gasteiger partial charge in [0, 0.05) is 37.3 Å². The molecule has 2 rings (SSSR count). The lowest BCUT2D eigenvalue weighted by Crippen LogP contribution is -2.64. The van der Waals surface area contributed by atoms with Gasteiger partial charge in [-0.3, -0.25) is 4.90 Å². The van der Waals surface area contributed by atoms with Crippen LogP contribution in [0.2, 0.25) is 0 Å². The highest BCUT2D eigenvalue weighted by Crippen LogP contribution is 2.29. The summed E-state index contributed by atoms with van der Waals surface area (Å²) in [7, 11) is 0. The molecule has 1 atom stereocenters. The van der Waals surface area contributed by atoms with Gasteiger partial charge in [-0.25, -0.2) is 0 Å². The molecular formula is C15H30N2O. The second-order valence-corrected chi connectivity index (χ2v) is 6.70. The third-order valence-corrected chi connectivity index (χ3v) is 4.76. The Morgan fingerprint density at radius 2 is 1.83 bits per heavy atom. The molecule has 106 valence electrons. The Hall–Kier alpha value is -0.120. The molecule has 3 nitrogen and oxygen atoms in total. The van der Waals surface area contributed by atoms with Crippen molar-refractivity contribution in [2.45, 2.75) is 76.4 Å². The Morgan fingerprint density at radius 3 is 2.44 bits per heavy atom. The first-order chi connectivity index (χ1) is 8.63. The normalized spacial score (nSPS) is 31.2. The number of piperazine rings is 1. The van der Waals surface area contributed by atoms with Gasteiger partial charge in [-0.1, -0.05) is 25.7 Å². The first kappa shape index (κ1) is 14.3. The number of aliphatic hydroxyl groups excluding tert-OH is 1. The number of rotatable bonds is 3. The smallest absolute Gasteiger partial charge is 0.0446 e. The maximum Gasteiger partial charge on any atom is 0.0446 e. The molecule has 1 aliphatic carbocycles. The molecule has 1 unspecified atom stereocenters. The van der Waals surface area contributed by atoms with Crippen LogP contribution in [0.4, 0.5) is 0 Å². The number of hydrogen-bond acceptors (Lipinski definition) is 3. The van der Waals surface area contributed by atoms with Crippen molar-refractivity contribution in [3.63, 3.8) is 0 Å². The van der Waals surface area contributed by atoms with Crippen LogP contribution in [0.1, 0.15) is 58.8 Å². The van der Waals surface area contributed by atoms with Crippen LogP contribution >= 0.6 is 0 Å². The van der Waals surface area contributed by atoms with Gasteiger partial charge in [-0.2, -0.15) is 0 Å². The van der Waals surface area contributed by atoms with Crippen molar-refractivity contribution in [1.29, 1.82) is 0 Å². The first-order valence-corrected chi connectivity index (χ1v) is 7.74. The standard InChI is InChI=1S/C15H30N2O/c1-15(2)12-16-13(9-10-18)11-17(15)14-7-5-3-4-6-8-14/h13-14,16,18H,3-12H2,1-2H3. The minimum absolute atomic E-state index is 0.265. The number of nitrogens with one attached hydrogen (secondary N) is 1. The van der Waals surface area contributed by atoms with E-state index in [-0.39, 0.29) is 5.54 Å². The molecule has 0 amide bonds. The highest BCUT2D eigenvalue weighted by atomic mass is 16.3. The molecule has 0 radical (unpaired) electrons. The van der Waals surface area contributed by atoms with Gasteiger partial charge in [-0.05, 0) is 33.1 Å². The van der Waals surface area contributed by atoms with Crippen molar-refractivity contribution < 1.29 is 5.11 Å². The van der Waals surface area contributed by atoms with E-state index in [1.54, 1.807) is 0 Å². The molecule has 1 heterocycles. The third-order valence-electron chi connectivity index (χ3n) is 4.76. The summed E-state index contributed by atoms with van der Waals surface area (Å²) in [6.07, 6.45) is 9.26. The zero-order valence-electron chi connectivity index (χ0n) is 12.1. The Labute approximate surface area is 112 Å². The van der Waals surface area contributed by atoms with Gasteiger partial charge in [0.1, 0.15) is 0 Å². The third kappa shape index (κ3) is 3.46. The molecule has 1 aliphatic heterocycles. The lowest BCUT2D eigenvalue weighted by Gasteiger charge is -2.50. The maximum atomic E-state index is 9.13. The van der Waals surface area contributed by atoms with E-state index in [0.29, 0.717) is 12.6 Å². The van der Waals surface area contributed by atoms with Gasteiger partial charge in [0.15, 0.2) is 0 Å². The van der Waals surface area contributed by atoms with Crippen molar-refractivity contribution in [3.05, 3.63) is 0 Å². The zero-order valence-corrected chi connectivity index (χ0v) is 12.1. The molecule has 1 saturated heterocycles. The van der Waals surface area contributed by atoms with Crippen molar-refractivity contribution in [2.75, 3.05) is 19.7 Å². The summed E-state index contributed by atoms with van der Waals surface area (Å²) in [4.78, 5) is 2.73. The summed E-state index contributed by atoms with van der Waals surface area (Å²) in [5.74, 6) is 0. The van der Waals surface area contributed by atoms with Crippen LogP contribution < -0.4 is 5.32 Å². The fraction of sp³-hybridized carbons (Fsp3) is 1.00. The fourth-order valence-corrected chi connectivity index (χ4v) is 3.61. The van der Waals surface area contributed by atoms with Crippen molar-refractivity contribution in [2.24, 2.45) is 0 Å². The van der Waals surface area contributed by atoms with Crippen LogP contribution in [-0.4, -0.2) is 47.3 Å². The van der Waals surface area contributed by atoms with Gasteiger partial charge < -0.3 is 10.4 Å². The monoisotopic (exact) mass is 254 g/mol.